The highest BCUT2D eigenvalue weighted by molar-refractivity contribution is 6.32. The zero-order chi connectivity index (χ0) is 19.6. The minimum Gasteiger partial charge on any atom is -0.497 e. The van der Waals surface area contributed by atoms with Crippen molar-refractivity contribution < 1.29 is 19.0 Å². The maximum absolute atomic E-state index is 12.1. The van der Waals surface area contributed by atoms with E-state index in [4.69, 9.17) is 25.8 Å². The molecule has 27 heavy (non-hydrogen) atoms. The molecular weight excluding hydrogens is 368 g/mol. The van der Waals surface area contributed by atoms with Gasteiger partial charge in [-0.05, 0) is 55.3 Å². The molecule has 2 aromatic rings. The second-order valence-corrected chi connectivity index (χ2v) is 5.95. The van der Waals surface area contributed by atoms with Crippen molar-refractivity contribution in [2.75, 3.05) is 20.3 Å². The van der Waals surface area contributed by atoms with Crippen LogP contribution in [0.1, 0.15) is 36.2 Å². The maximum atomic E-state index is 12.1. The molecule has 2 aromatic carbocycles. The summed E-state index contributed by atoms with van der Waals surface area (Å²) in [5.74, 6) is 1.41. The molecule has 1 N–H and O–H groups in total. The predicted molar refractivity (Wildman–Crippen MR) is 106 cm³/mol. The SMILES string of the molecule is CCCOc1c(Cl)cc(/C=N\NC(=O)c2ccc(OC)cc2)cc1OCC. The second kappa shape index (κ2) is 10.4. The number of hydrazone groups is 1. The molecule has 0 atom stereocenters. The van der Waals surface area contributed by atoms with E-state index in [2.05, 4.69) is 10.5 Å². The van der Waals surface area contributed by atoms with Gasteiger partial charge in [-0.3, -0.25) is 4.79 Å². The van der Waals surface area contributed by atoms with E-state index in [1.165, 1.54) is 6.21 Å². The minimum absolute atomic E-state index is 0.326. The number of methoxy groups -OCH3 is 1. The number of nitrogens with zero attached hydrogens (tertiary/aromatic N) is 1. The van der Waals surface area contributed by atoms with E-state index in [0.717, 1.165) is 6.42 Å². The van der Waals surface area contributed by atoms with Gasteiger partial charge in [0, 0.05) is 5.56 Å². The van der Waals surface area contributed by atoms with Crippen LogP contribution in [0.2, 0.25) is 5.02 Å². The standard InChI is InChI=1S/C20H23ClN2O4/c1-4-10-27-19-17(21)11-14(12-18(19)26-5-2)13-22-23-20(24)15-6-8-16(25-3)9-7-15/h6-9,11-13H,4-5,10H2,1-3H3,(H,23,24)/b22-13-. The number of benzene rings is 2. The Hall–Kier alpha value is -2.73. The number of carbonyl (C=O) groups excluding carboxylic acids is 1. The molecule has 7 heteroatoms. The van der Waals surface area contributed by atoms with E-state index in [1.54, 1.807) is 43.5 Å². The Morgan fingerprint density at radius 1 is 1.19 bits per heavy atom. The fraction of sp³-hybridized carbons (Fsp3) is 0.300. The van der Waals surface area contributed by atoms with E-state index in [1.807, 2.05) is 13.8 Å². The fourth-order valence-electron chi connectivity index (χ4n) is 2.24. The Balaban J connectivity index is 2.09. The first-order valence-electron chi connectivity index (χ1n) is 8.65. The Morgan fingerprint density at radius 3 is 2.56 bits per heavy atom. The molecule has 0 unspecified atom stereocenters. The average Bonchev–Trinajstić information content (AvgIpc) is 2.67. The van der Waals surface area contributed by atoms with Crippen molar-refractivity contribution in [3.8, 4) is 17.2 Å². The summed E-state index contributed by atoms with van der Waals surface area (Å²) in [6, 6.07) is 10.2. The molecule has 0 bridgehead atoms. The molecule has 144 valence electrons. The van der Waals surface area contributed by atoms with E-state index in [-0.39, 0.29) is 5.91 Å². The number of amides is 1. The lowest BCUT2D eigenvalue weighted by Gasteiger charge is -2.13. The Morgan fingerprint density at radius 2 is 1.93 bits per heavy atom. The lowest BCUT2D eigenvalue weighted by Crippen LogP contribution is -2.17. The van der Waals surface area contributed by atoms with Gasteiger partial charge in [0.15, 0.2) is 11.5 Å². The molecule has 2 rings (SSSR count). The van der Waals surface area contributed by atoms with Crippen molar-refractivity contribution >= 4 is 23.7 Å². The number of hydrogen-bond acceptors (Lipinski definition) is 5. The van der Waals surface area contributed by atoms with Gasteiger partial charge in [-0.25, -0.2) is 5.43 Å². The van der Waals surface area contributed by atoms with Crippen molar-refractivity contribution in [3.05, 3.63) is 52.5 Å². The van der Waals surface area contributed by atoms with Crippen LogP contribution in [-0.4, -0.2) is 32.4 Å². The van der Waals surface area contributed by atoms with Crippen LogP contribution in [0.25, 0.3) is 0 Å². The number of carbonyl (C=O) groups is 1. The summed E-state index contributed by atoms with van der Waals surface area (Å²) in [5, 5.41) is 4.41. The largest absolute Gasteiger partial charge is 0.497 e. The first kappa shape index (κ1) is 20.6. The van der Waals surface area contributed by atoms with Gasteiger partial charge < -0.3 is 14.2 Å². The summed E-state index contributed by atoms with van der Waals surface area (Å²) < 4.78 is 16.3. The summed E-state index contributed by atoms with van der Waals surface area (Å²) in [5.41, 5.74) is 3.64. The normalized spacial score (nSPS) is 10.7. The molecular formula is C20H23ClN2O4. The summed E-state index contributed by atoms with van der Waals surface area (Å²) >= 11 is 6.31. The highest BCUT2D eigenvalue weighted by Crippen LogP contribution is 2.36. The molecule has 0 aromatic heterocycles. The zero-order valence-corrected chi connectivity index (χ0v) is 16.4. The van der Waals surface area contributed by atoms with Crippen LogP contribution >= 0.6 is 11.6 Å². The van der Waals surface area contributed by atoms with Crippen LogP contribution < -0.4 is 19.6 Å². The number of ether oxygens (including phenoxy) is 3. The van der Waals surface area contributed by atoms with Gasteiger partial charge >= 0.3 is 0 Å². The molecule has 0 spiro atoms. The fourth-order valence-corrected chi connectivity index (χ4v) is 2.52. The number of halogens is 1. The van der Waals surface area contributed by atoms with Crippen LogP contribution in [0.5, 0.6) is 17.2 Å². The highest BCUT2D eigenvalue weighted by Gasteiger charge is 2.12. The summed E-state index contributed by atoms with van der Waals surface area (Å²) in [4.78, 5) is 12.1. The number of hydrogen-bond donors (Lipinski definition) is 1. The van der Waals surface area contributed by atoms with Crippen LogP contribution in [0.15, 0.2) is 41.5 Å². The van der Waals surface area contributed by atoms with Crippen molar-refractivity contribution in [3.63, 3.8) is 0 Å². The van der Waals surface area contributed by atoms with Gasteiger partial charge in [0.2, 0.25) is 0 Å². The third kappa shape index (κ3) is 5.89. The minimum atomic E-state index is -0.326. The highest BCUT2D eigenvalue weighted by atomic mass is 35.5. The van der Waals surface area contributed by atoms with Gasteiger partial charge in [0.1, 0.15) is 5.75 Å². The van der Waals surface area contributed by atoms with E-state index < -0.39 is 0 Å². The summed E-state index contributed by atoms with van der Waals surface area (Å²) in [6.07, 6.45) is 2.36. The molecule has 0 heterocycles. The van der Waals surface area contributed by atoms with E-state index in [9.17, 15) is 4.79 Å². The quantitative estimate of drug-likeness (QED) is 0.512. The van der Waals surface area contributed by atoms with Crippen molar-refractivity contribution in [1.29, 1.82) is 0 Å². The third-order valence-electron chi connectivity index (χ3n) is 3.51. The first-order valence-corrected chi connectivity index (χ1v) is 9.03. The monoisotopic (exact) mass is 390 g/mol. The van der Waals surface area contributed by atoms with Gasteiger partial charge in [-0.2, -0.15) is 5.10 Å². The molecule has 0 saturated carbocycles. The number of rotatable bonds is 9. The molecule has 0 aliphatic carbocycles. The molecule has 0 saturated heterocycles. The van der Waals surface area contributed by atoms with Crippen LogP contribution in [-0.2, 0) is 0 Å². The first-order chi connectivity index (χ1) is 13.1. The van der Waals surface area contributed by atoms with Crippen molar-refractivity contribution in [2.45, 2.75) is 20.3 Å². The molecule has 0 aliphatic heterocycles. The molecule has 0 fully saturated rings. The van der Waals surface area contributed by atoms with E-state index in [0.29, 0.717) is 46.6 Å². The molecule has 0 aliphatic rings. The van der Waals surface area contributed by atoms with Crippen LogP contribution in [0, 0.1) is 0 Å². The zero-order valence-electron chi connectivity index (χ0n) is 15.6. The van der Waals surface area contributed by atoms with Gasteiger partial charge in [-0.1, -0.05) is 18.5 Å². The molecule has 6 nitrogen and oxygen atoms in total. The number of nitrogens with one attached hydrogen (secondary N) is 1. The lowest BCUT2D eigenvalue weighted by atomic mass is 10.2. The second-order valence-electron chi connectivity index (χ2n) is 5.54. The van der Waals surface area contributed by atoms with Gasteiger partial charge in [0.05, 0.1) is 31.6 Å². The van der Waals surface area contributed by atoms with Crippen molar-refractivity contribution in [1.82, 2.24) is 5.43 Å². The molecule has 1 amide bonds. The summed E-state index contributed by atoms with van der Waals surface area (Å²) in [7, 11) is 1.57. The third-order valence-corrected chi connectivity index (χ3v) is 3.79. The van der Waals surface area contributed by atoms with Crippen LogP contribution in [0.3, 0.4) is 0 Å². The average molecular weight is 391 g/mol. The van der Waals surface area contributed by atoms with E-state index >= 15 is 0 Å². The molecule has 0 radical (unpaired) electrons. The maximum Gasteiger partial charge on any atom is 0.271 e. The smallest absolute Gasteiger partial charge is 0.271 e. The Labute approximate surface area is 164 Å². The van der Waals surface area contributed by atoms with Gasteiger partial charge in [0.25, 0.3) is 5.91 Å². The van der Waals surface area contributed by atoms with Gasteiger partial charge in [-0.15, -0.1) is 0 Å². The Bertz CT molecular complexity index is 791. The lowest BCUT2D eigenvalue weighted by molar-refractivity contribution is 0.0955. The summed E-state index contributed by atoms with van der Waals surface area (Å²) in [6.45, 7) is 4.92. The Kier molecular flexibility index (Phi) is 7.95. The topological polar surface area (TPSA) is 69.2 Å². The predicted octanol–water partition coefficient (Wildman–Crippen LogP) is 4.30. The van der Waals surface area contributed by atoms with Crippen molar-refractivity contribution in [2.24, 2.45) is 5.10 Å². The van der Waals surface area contributed by atoms with Crippen LogP contribution in [0.4, 0.5) is 0 Å².